The molecule has 2 aromatic carbocycles. The van der Waals surface area contributed by atoms with Crippen LogP contribution in [-0.4, -0.2) is 118 Å². The lowest BCUT2D eigenvalue weighted by Gasteiger charge is -2.45. The predicted molar refractivity (Wildman–Crippen MR) is 208 cm³/mol. The molecule has 8 N–H and O–H groups in total. The SMILES string of the molecule is CNCC[C@]1(CC[C@H]2CNC(=O)C2)Oc2c(cc3c(=O)cc(C)oc3c2N2C=C3C=CN=C3C2)C[C@H]1OOC[C@@](O)(Cc1ccc(O)cc1)[C@@H](O)[C@H](O)[C@H](O)CO. The van der Waals surface area contributed by atoms with Crippen molar-refractivity contribution in [2.24, 2.45) is 10.9 Å². The van der Waals surface area contributed by atoms with E-state index in [0.717, 1.165) is 11.3 Å². The number of anilines is 1. The Morgan fingerprint density at radius 2 is 1.93 bits per heavy atom. The third kappa shape index (κ3) is 8.35. The lowest BCUT2D eigenvalue weighted by atomic mass is 9.79. The Hall–Kier alpha value is -4.65. The minimum atomic E-state index is -2.28. The first-order valence-corrected chi connectivity index (χ1v) is 19.2. The maximum absolute atomic E-state index is 13.5. The number of aliphatic hydroxyl groups is 5. The molecule has 0 unspecified atom stereocenters. The minimum Gasteiger partial charge on any atom is -0.508 e. The summed E-state index contributed by atoms with van der Waals surface area (Å²) in [7, 11) is 1.81. The lowest BCUT2D eigenvalue weighted by Crippen LogP contribution is -2.58. The van der Waals surface area contributed by atoms with Gasteiger partial charge in [-0.05, 0) is 69.1 Å². The number of nitrogens with zero attached hydrogens (tertiary/aromatic N) is 2. The summed E-state index contributed by atoms with van der Waals surface area (Å²) in [6.07, 6.45) is 0.586. The topological polar surface area (TPSA) is 236 Å². The molecule has 16 heteroatoms. The van der Waals surface area contributed by atoms with Crippen molar-refractivity contribution in [1.29, 1.82) is 0 Å². The second-order valence-electron chi connectivity index (χ2n) is 15.5. The summed E-state index contributed by atoms with van der Waals surface area (Å²) >= 11 is 0. The first-order chi connectivity index (χ1) is 27.3. The number of fused-ring (bicyclic) bond motifs is 3. The van der Waals surface area contributed by atoms with Gasteiger partial charge in [0.2, 0.25) is 5.91 Å². The summed E-state index contributed by atoms with van der Waals surface area (Å²) in [6.45, 7) is 1.54. The van der Waals surface area contributed by atoms with Gasteiger partial charge in [0.15, 0.2) is 16.8 Å². The number of aryl methyl sites for hydroxylation is 1. The average molecular weight is 791 g/mol. The standard InChI is InChI=1S/C41H50N4O12/c1-23-13-31(48)29-15-27-16-33(57-54-22-40(53,39(52)36(51)32(49)21-46)17-24-3-5-28(47)6-4-24)41(10-12-42-2,9-7-25-14-34(50)44-18-25)56-37(27)35(38(29)55-23)45-19-26-8-11-43-30(26)20-45/h3-6,8,11,13,15,19,25,32-33,36,39,42,46-47,49,51-53H,7,9-10,12,14,16-18,20-22H2,1-2H3,(H,44,50)/t25-,32-,33-,36-,39+,40+,41+/m1/s1. The van der Waals surface area contributed by atoms with E-state index in [2.05, 4.69) is 15.6 Å². The molecule has 0 saturated carbocycles. The fraction of sp³-hybridized carbons (Fsp3) is 0.488. The van der Waals surface area contributed by atoms with E-state index in [1.807, 2.05) is 24.2 Å². The van der Waals surface area contributed by atoms with E-state index in [9.17, 15) is 40.2 Å². The highest BCUT2D eigenvalue weighted by atomic mass is 17.2. The van der Waals surface area contributed by atoms with Gasteiger partial charge in [-0.25, -0.2) is 9.78 Å². The van der Waals surface area contributed by atoms with E-state index in [1.54, 1.807) is 19.2 Å². The van der Waals surface area contributed by atoms with Crippen molar-refractivity contribution in [3.8, 4) is 11.5 Å². The van der Waals surface area contributed by atoms with Crippen LogP contribution in [0, 0.1) is 12.8 Å². The number of nitrogens with one attached hydrogen (secondary N) is 2. The molecule has 1 saturated heterocycles. The van der Waals surface area contributed by atoms with Crippen molar-refractivity contribution < 1.29 is 54.4 Å². The highest BCUT2D eigenvalue weighted by Crippen LogP contribution is 2.49. The van der Waals surface area contributed by atoms with Crippen LogP contribution < -0.4 is 25.7 Å². The van der Waals surface area contributed by atoms with Gasteiger partial charge < -0.3 is 55.3 Å². The third-order valence-corrected chi connectivity index (χ3v) is 11.4. The number of rotatable bonds is 17. The lowest BCUT2D eigenvalue weighted by molar-refractivity contribution is -0.373. The molecule has 4 aliphatic rings. The van der Waals surface area contributed by atoms with E-state index in [1.165, 1.54) is 30.3 Å². The predicted octanol–water partition coefficient (Wildman–Crippen LogP) is 1.04. The molecule has 3 aromatic rings. The fourth-order valence-electron chi connectivity index (χ4n) is 8.14. The normalized spacial score (nSPS) is 24.0. The van der Waals surface area contributed by atoms with Gasteiger partial charge in [0.25, 0.3) is 0 Å². The van der Waals surface area contributed by atoms with Crippen molar-refractivity contribution >= 4 is 28.3 Å². The maximum Gasteiger partial charge on any atom is 0.220 e. The van der Waals surface area contributed by atoms with Gasteiger partial charge in [-0.3, -0.25) is 14.6 Å². The minimum absolute atomic E-state index is 0.0231. The van der Waals surface area contributed by atoms with Crippen molar-refractivity contribution in [3.63, 3.8) is 0 Å². The van der Waals surface area contributed by atoms with Crippen molar-refractivity contribution in [3.05, 3.63) is 87.6 Å². The summed E-state index contributed by atoms with van der Waals surface area (Å²) in [5.74, 6) is 0.908. The number of aliphatic hydroxyl groups excluding tert-OH is 4. The van der Waals surface area contributed by atoms with Crippen LogP contribution in [0.5, 0.6) is 11.5 Å². The molecule has 0 spiro atoms. The Kier molecular flexibility index (Phi) is 11.9. The first kappa shape index (κ1) is 40.5. The van der Waals surface area contributed by atoms with Crippen LogP contribution >= 0.6 is 0 Å². The van der Waals surface area contributed by atoms with Crippen LogP contribution in [0.1, 0.15) is 42.6 Å². The number of benzene rings is 2. The van der Waals surface area contributed by atoms with Crippen LogP contribution in [-0.2, 0) is 27.4 Å². The molecule has 0 aliphatic carbocycles. The zero-order chi connectivity index (χ0) is 40.5. The molecule has 0 bridgehead atoms. The van der Waals surface area contributed by atoms with Gasteiger partial charge in [0.1, 0.15) is 59.4 Å². The summed E-state index contributed by atoms with van der Waals surface area (Å²) in [4.78, 5) is 44.3. The molecule has 1 fully saturated rings. The summed E-state index contributed by atoms with van der Waals surface area (Å²) < 4.78 is 13.5. The van der Waals surface area contributed by atoms with E-state index in [4.69, 9.17) is 18.9 Å². The number of hydrogen-bond donors (Lipinski definition) is 8. The van der Waals surface area contributed by atoms with Gasteiger partial charge in [0.05, 0.1) is 24.2 Å². The van der Waals surface area contributed by atoms with Gasteiger partial charge in [-0.1, -0.05) is 12.1 Å². The van der Waals surface area contributed by atoms with Crippen LogP contribution in [0.2, 0.25) is 0 Å². The number of aliphatic imine (C=N–C) groups is 1. The molecule has 306 valence electrons. The van der Waals surface area contributed by atoms with E-state index < -0.39 is 48.8 Å². The molecule has 1 amide bonds. The number of carbonyl (C=O) groups is 1. The Bertz CT molecular complexity index is 2120. The molecule has 1 aromatic heterocycles. The Balaban J connectivity index is 1.27. The molecule has 57 heavy (non-hydrogen) atoms. The second-order valence-corrected chi connectivity index (χ2v) is 15.5. The number of carbonyl (C=O) groups excluding carboxylic acids is 1. The second kappa shape index (κ2) is 16.7. The summed E-state index contributed by atoms with van der Waals surface area (Å²) in [5.41, 5.74) is 0.177. The molecule has 5 heterocycles. The van der Waals surface area contributed by atoms with E-state index in [-0.39, 0.29) is 35.8 Å². The number of phenolic OH excluding ortho intramolecular Hbond substituents is 1. The third-order valence-electron chi connectivity index (χ3n) is 11.4. The monoisotopic (exact) mass is 790 g/mol. The number of aromatic hydroxyl groups is 1. The first-order valence-electron chi connectivity index (χ1n) is 19.2. The zero-order valence-corrected chi connectivity index (χ0v) is 31.9. The van der Waals surface area contributed by atoms with Crippen LogP contribution in [0.4, 0.5) is 5.69 Å². The number of ether oxygens (including phenoxy) is 1. The zero-order valence-electron chi connectivity index (χ0n) is 31.9. The van der Waals surface area contributed by atoms with Gasteiger partial charge >= 0.3 is 0 Å². The number of allylic oxidation sites excluding steroid dienone is 1. The Labute approximate surface area is 328 Å². The van der Waals surface area contributed by atoms with Crippen molar-refractivity contribution in [2.45, 2.75) is 81.1 Å². The summed E-state index contributed by atoms with van der Waals surface area (Å²) in [5, 5.41) is 69.8. The largest absolute Gasteiger partial charge is 0.508 e. The van der Waals surface area contributed by atoms with Crippen molar-refractivity contribution in [2.75, 3.05) is 44.8 Å². The molecule has 4 aliphatic heterocycles. The highest BCUT2D eigenvalue weighted by Gasteiger charge is 2.50. The molecule has 7 rings (SSSR count). The fourth-order valence-corrected chi connectivity index (χ4v) is 8.14. The number of amides is 1. The Morgan fingerprint density at radius 1 is 1.14 bits per heavy atom. The van der Waals surface area contributed by atoms with Gasteiger partial charge in [-0.2, -0.15) is 0 Å². The maximum atomic E-state index is 13.5. The molecule has 16 nitrogen and oxygen atoms in total. The van der Waals surface area contributed by atoms with Crippen molar-refractivity contribution in [1.82, 2.24) is 10.6 Å². The summed E-state index contributed by atoms with van der Waals surface area (Å²) in [6, 6.07) is 9.00. The smallest absolute Gasteiger partial charge is 0.220 e. The van der Waals surface area contributed by atoms with Gasteiger partial charge in [0, 0.05) is 61.8 Å². The molecule has 7 atom stereocenters. The van der Waals surface area contributed by atoms with E-state index in [0.29, 0.717) is 84.6 Å². The van der Waals surface area contributed by atoms with Crippen LogP contribution in [0.25, 0.3) is 11.0 Å². The molecular formula is C41H50N4O12. The highest BCUT2D eigenvalue weighted by molar-refractivity contribution is 6.12. The number of phenols is 1. The quantitative estimate of drug-likeness (QED) is 0.0706. The van der Waals surface area contributed by atoms with E-state index >= 15 is 0 Å². The van der Waals surface area contributed by atoms with Crippen LogP contribution in [0.15, 0.2) is 74.7 Å². The molecule has 0 radical (unpaired) electrons. The molecular weight excluding hydrogens is 740 g/mol. The number of hydrogen-bond acceptors (Lipinski definition) is 15. The Morgan fingerprint density at radius 3 is 2.63 bits per heavy atom. The van der Waals surface area contributed by atoms with Crippen LogP contribution in [0.3, 0.4) is 0 Å². The average Bonchev–Trinajstić information content (AvgIpc) is 3.93. The van der Waals surface area contributed by atoms with Gasteiger partial charge in [-0.15, -0.1) is 0 Å².